The fourth-order valence-electron chi connectivity index (χ4n) is 3.31. The molecule has 5 nitrogen and oxygen atoms in total. The average Bonchev–Trinajstić information content (AvgIpc) is 2.69. The fourth-order valence-corrected chi connectivity index (χ4v) is 3.31. The van der Waals surface area contributed by atoms with Crippen LogP contribution < -0.4 is 10.5 Å². The van der Waals surface area contributed by atoms with Crippen molar-refractivity contribution in [1.29, 1.82) is 0 Å². The van der Waals surface area contributed by atoms with Crippen LogP contribution in [0.5, 0.6) is 5.88 Å². The van der Waals surface area contributed by atoms with Gasteiger partial charge in [0.1, 0.15) is 0 Å². The highest BCUT2D eigenvalue weighted by Gasteiger charge is 2.32. The Morgan fingerprint density at radius 2 is 2.10 bits per heavy atom. The molecular weight excluding hydrogens is 252 g/mol. The first kappa shape index (κ1) is 15.3. The van der Waals surface area contributed by atoms with Gasteiger partial charge < -0.3 is 10.5 Å². The minimum atomic E-state index is 0.202. The van der Waals surface area contributed by atoms with Crippen LogP contribution in [0.25, 0.3) is 0 Å². The minimum Gasteiger partial charge on any atom is -0.481 e. The fraction of sp³-hybridized carbons (Fsp3) is 0.800. The second-order valence-electron chi connectivity index (χ2n) is 6.12. The molecule has 1 aliphatic rings. The minimum absolute atomic E-state index is 0.202. The Labute approximate surface area is 122 Å². The van der Waals surface area contributed by atoms with E-state index >= 15 is 0 Å². The zero-order valence-electron chi connectivity index (χ0n) is 13.4. The summed E-state index contributed by atoms with van der Waals surface area (Å²) in [6, 6.07) is 0.202. The molecule has 1 saturated heterocycles. The van der Waals surface area contributed by atoms with E-state index in [9.17, 15) is 0 Å². The Kier molecular flexibility index (Phi) is 4.70. The van der Waals surface area contributed by atoms with Gasteiger partial charge in [0.05, 0.1) is 24.4 Å². The zero-order valence-corrected chi connectivity index (χ0v) is 13.4. The van der Waals surface area contributed by atoms with Crippen molar-refractivity contribution in [3.05, 3.63) is 11.3 Å². The van der Waals surface area contributed by atoms with Crippen LogP contribution in [0.4, 0.5) is 0 Å². The molecule has 5 heteroatoms. The number of nitrogens with two attached hydrogens (primary N) is 1. The van der Waals surface area contributed by atoms with Crippen molar-refractivity contribution >= 4 is 0 Å². The van der Waals surface area contributed by atoms with Crippen LogP contribution in [0.3, 0.4) is 0 Å². The lowest BCUT2D eigenvalue weighted by atomic mass is 9.87. The van der Waals surface area contributed by atoms with Crippen molar-refractivity contribution in [3.8, 4) is 5.88 Å². The predicted octanol–water partition coefficient (Wildman–Crippen LogP) is 1.71. The number of rotatable bonds is 4. The second kappa shape index (κ2) is 6.14. The maximum Gasteiger partial charge on any atom is 0.216 e. The largest absolute Gasteiger partial charge is 0.481 e. The van der Waals surface area contributed by atoms with Crippen molar-refractivity contribution in [2.24, 2.45) is 24.6 Å². The number of nitrogens with zero attached hydrogens (tertiary/aromatic N) is 3. The highest BCUT2D eigenvalue weighted by molar-refractivity contribution is 5.34. The molecule has 0 aliphatic carbocycles. The van der Waals surface area contributed by atoms with Crippen molar-refractivity contribution in [1.82, 2.24) is 14.7 Å². The summed E-state index contributed by atoms with van der Waals surface area (Å²) in [4.78, 5) is 2.50. The third-order valence-electron chi connectivity index (χ3n) is 4.77. The Morgan fingerprint density at radius 3 is 2.65 bits per heavy atom. The molecule has 1 aromatic rings. The smallest absolute Gasteiger partial charge is 0.216 e. The van der Waals surface area contributed by atoms with Crippen LogP contribution in [0.15, 0.2) is 0 Å². The average molecular weight is 280 g/mol. The Balaban J connectivity index is 2.29. The van der Waals surface area contributed by atoms with Gasteiger partial charge in [0, 0.05) is 20.1 Å². The van der Waals surface area contributed by atoms with Gasteiger partial charge in [0.25, 0.3) is 0 Å². The quantitative estimate of drug-likeness (QED) is 0.912. The SMILES string of the molecule is COc1c(C(CN)N2CCC(C)C(C)C2)c(C)nn1C. The molecule has 3 unspecified atom stereocenters. The molecule has 0 amide bonds. The van der Waals surface area contributed by atoms with Gasteiger partial charge in [0.2, 0.25) is 5.88 Å². The molecule has 2 heterocycles. The van der Waals surface area contributed by atoms with Crippen LogP contribution in [-0.4, -0.2) is 41.4 Å². The number of ether oxygens (including phenoxy) is 1. The molecule has 0 spiro atoms. The maximum atomic E-state index is 6.08. The first-order chi connectivity index (χ1) is 9.49. The van der Waals surface area contributed by atoms with Gasteiger partial charge >= 0.3 is 0 Å². The van der Waals surface area contributed by atoms with E-state index in [2.05, 4.69) is 23.8 Å². The van der Waals surface area contributed by atoms with E-state index in [1.165, 1.54) is 6.42 Å². The van der Waals surface area contributed by atoms with Gasteiger partial charge in [-0.25, -0.2) is 4.68 Å². The maximum absolute atomic E-state index is 6.08. The Morgan fingerprint density at radius 1 is 1.40 bits per heavy atom. The van der Waals surface area contributed by atoms with Crippen molar-refractivity contribution < 1.29 is 4.74 Å². The molecule has 114 valence electrons. The summed E-state index contributed by atoms with van der Waals surface area (Å²) in [5, 5.41) is 4.49. The summed E-state index contributed by atoms with van der Waals surface area (Å²) in [5.74, 6) is 2.34. The van der Waals surface area contributed by atoms with E-state index in [1.807, 2.05) is 18.7 Å². The molecular formula is C15H28N4O. The topological polar surface area (TPSA) is 56.3 Å². The number of likely N-dealkylation sites (tertiary alicyclic amines) is 1. The highest BCUT2D eigenvalue weighted by atomic mass is 16.5. The number of piperidine rings is 1. The van der Waals surface area contributed by atoms with Crippen LogP contribution in [0.2, 0.25) is 0 Å². The highest BCUT2D eigenvalue weighted by Crippen LogP contribution is 2.35. The molecule has 1 aromatic heterocycles. The summed E-state index contributed by atoms with van der Waals surface area (Å²) in [5.41, 5.74) is 8.25. The number of aromatic nitrogens is 2. The standard InChI is InChI=1S/C15H28N4O/c1-10-6-7-19(9-11(10)2)13(8-16)14-12(3)17-18(4)15(14)20-5/h10-11,13H,6-9,16H2,1-5H3. The molecule has 1 aliphatic heterocycles. The van der Waals surface area contributed by atoms with Gasteiger partial charge in [-0.15, -0.1) is 0 Å². The van der Waals surface area contributed by atoms with Gasteiger partial charge in [-0.3, -0.25) is 4.90 Å². The molecule has 0 saturated carbocycles. The van der Waals surface area contributed by atoms with Crippen molar-refractivity contribution in [2.75, 3.05) is 26.7 Å². The number of hydrogen-bond acceptors (Lipinski definition) is 4. The van der Waals surface area contributed by atoms with Crippen LogP contribution >= 0.6 is 0 Å². The zero-order chi connectivity index (χ0) is 14.9. The molecule has 2 N–H and O–H groups in total. The molecule has 0 bridgehead atoms. The molecule has 1 fully saturated rings. The first-order valence-corrected chi connectivity index (χ1v) is 7.51. The van der Waals surface area contributed by atoms with E-state index in [1.54, 1.807) is 7.11 Å². The van der Waals surface area contributed by atoms with Gasteiger partial charge in [-0.2, -0.15) is 5.10 Å². The summed E-state index contributed by atoms with van der Waals surface area (Å²) in [6.07, 6.45) is 1.24. The van der Waals surface area contributed by atoms with Gasteiger partial charge in [0.15, 0.2) is 0 Å². The molecule has 0 aromatic carbocycles. The monoisotopic (exact) mass is 280 g/mol. The van der Waals surface area contributed by atoms with Crippen LogP contribution in [-0.2, 0) is 7.05 Å². The van der Waals surface area contributed by atoms with E-state index in [0.717, 1.165) is 36.1 Å². The molecule has 20 heavy (non-hydrogen) atoms. The lowest BCUT2D eigenvalue weighted by Gasteiger charge is -2.39. The van der Waals surface area contributed by atoms with Crippen LogP contribution in [0.1, 0.15) is 37.6 Å². The van der Waals surface area contributed by atoms with Crippen LogP contribution in [0, 0.1) is 18.8 Å². The second-order valence-corrected chi connectivity index (χ2v) is 6.12. The predicted molar refractivity (Wildman–Crippen MR) is 80.8 cm³/mol. The van der Waals surface area contributed by atoms with Crippen molar-refractivity contribution in [2.45, 2.75) is 33.2 Å². The summed E-state index contributed by atoms with van der Waals surface area (Å²) < 4.78 is 7.35. The Bertz CT molecular complexity index is 457. The van der Waals surface area contributed by atoms with E-state index in [4.69, 9.17) is 10.5 Å². The van der Waals surface area contributed by atoms with Gasteiger partial charge in [-0.05, 0) is 31.7 Å². The lowest BCUT2D eigenvalue weighted by molar-refractivity contribution is 0.0966. The third-order valence-corrected chi connectivity index (χ3v) is 4.77. The number of methoxy groups -OCH3 is 1. The first-order valence-electron chi connectivity index (χ1n) is 7.51. The normalized spacial score (nSPS) is 25.7. The van der Waals surface area contributed by atoms with E-state index in [-0.39, 0.29) is 6.04 Å². The Hall–Kier alpha value is -1.07. The lowest BCUT2D eigenvalue weighted by Crippen LogP contribution is -2.43. The summed E-state index contributed by atoms with van der Waals surface area (Å²) in [6.45, 7) is 9.51. The summed E-state index contributed by atoms with van der Waals surface area (Å²) in [7, 11) is 3.62. The molecule has 0 radical (unpaired) electrons. The molecule has 2 rings (SSSR count). The van der Waals surface area contributed by atoms with E-state index in [0.29, 0.717) is 12.5 Å². The van der Waals surface area contributed by atoms with Gasteiger partial charge in [-0.1, -0.05) is 13.8 Å². The summed E-state index contributed by atoms with van der Waals surface area (Å²) >= 11 is 0. The van der Waals surface area contributed by atoms with Crippen molar-refractivity contribution in [3.63, 3.8) is 0 Å². The molecule has 3 atom stereocenters. The van der Waals surface area contributed by atoms with E-state index < -0.39 is 0 Å². The number of hydrogen-bond donors (Lipinski definition) is 1. The number of aryl methyl sites for hydroxylation is 2. The third kappa shape index (κ3) is 2.69.